The van der Waals surface area contributed by atoms with Crippen LogP contribution in [0.4, 0.5) is 5.69 Å². The lowest BCUT2D eigenvalue weighted by atomic mass is 9.75. The number of hydrogen-bond donors (Lipinski definition) is 2. The monoisotopic (exact) mass is 495 g/mol. The fraction of sp³-hybridized carbons (Fsp3) is 0.222. The molecule has 0 aromatic heterocycles. The van der Waals surface area contributed by atoms with Gasteiger partial charge in [-0.05, 0) is 54.3 Å². The molecule has 5 nitrogen and oxygen atoms in total. The number of Topliss-reactive ketones (excluding diaryl/α,β-unsaturated/α-hetero) is 1. The van der Waals surface area contributed by atoms with Gasteiger partial charge in [0.25, 0.3) is 5.91 Å². The third kappa shape index (κ3) is 5.32. The molecule has 34 heavy (non-hydrogen) atoms. The van der Waals surface area contributed by atoms with Gasteiger partial charge < -0.3 is 10.4 Å². The zero-order valence-electron chi connectivity index (χ0n) is 18.3. The standard InChI is InChI=1S/C27H23Cl2NO4/c28-23-14-11-19(15-24(23)29)26(32)30-20-12-9-17(10-13-20)16-5-7-18(8-6-16)25(31)21-3-1-2-4-22(21)27(33)34/h5-15,21-22H,1-4H2,(H,30,32)(H,33,34). The molecule has 1 aliphatic carbocycles. The number of carboxylic acids is 1. The third-order valence-corrected chi connectivity index (χ3v) is 6.99. The van der Waals surface area contributed by atoms with Crippen LogP contribution in [0.5, 0.6) is 0 Å². The van der Waals surface area contributed by atoms with Gasteiger partial charge in [-0.25, -0.2) is 0 Å². The van der Waals surface area contributed by atoms with Crippen LogP contribution in [0.25, 0.3) is 11.1 Å². The molecule has 7 heteroatoms. The van der Waals surface area contributed by atoms with Gasteiger partial charge in [0.2, 0.25) is 0 Å². The topological polar surface area (TPSA) is 83.5 Å². The lowest BCUT2D eigenvalue weighted by Gasteiger charge is -2.27. The number of aliphatic carboxylic acids is 1. The van der Waals surface area contributed by atoms with Crippen molar-refractivity contribution in [3.8, 4) is 11.1 Å². The van der Waals surface area contributed by atoms with Crippen LogP contribution >= 0.6 is 23.2 Å². The summed E-state index contributed by atoms with van der Waals surface area (Å²) in [6.07, 6.45) is 2.90. The molecule has 1 saturated carbocycles. The maximum absolute atomic E-state index is 12.9. The van der Waals surface area contributed by atoms with Crippen LogP contribution < -0.4 is 5.32 Å². The first-order valence-corrected chi connectivity index (χ1v) is 11.8. The van der Waals surface area contributed by atoms with Crippen LogP contribution in [0.3, 0.4) is 0 Å². The number of amides is 1. The van der Waals surface area contributed by atoms with Crippen LogP contribution in [-0.4, -0.2) is 22.8 Å². The van der Waals surface area contributed by atoms with Gasteiger partial charge in [-0.3, -0.25) is 14.4 Å². The Labute approximate surface area is 207 Å². The van der Waals surface area contributed by atoms with Gasteiger partial charge >= 0.3 is 5.97 Å². The molecular weight excluding hydrogens is 473 g/mol. The molecule has 1 aliphatic rings. The number of nitrogens with one attached hydrogen (secondary N) is 1. The Morgan fingerprint density at radius 1 is 0.735 bits per heavy atom. The number of ketones is 1. The highest BCUT2D eigenvalue weighted by atomic mass is 35.5. The summed E-state index contributed by atoms with van der Waals surface area (Å²) >= 11 is 11.9. The van der Waals surface area contributed by atoms with E-state index in [2.05, 4.69) is 5.32 Å². The average molecular weight is 496 g/mol. The van der Waals surface area contributed by atoms with Crippen LogP contribution in [0, 0.1) is 11.8 Å². The summed E-state index contributed by atoms with van der Waals surface area (Å²) in [6, 6.07) is 19.3. The van der Waals surface area contributed by atoms with Crippen molar-refractivity contribution in [2.24, 2.45) is 11.8 Å². The Hall–Kier alpha value is -3.15. The number of carbonyl (C=O) groups excluding carboxylic acids is 2. The van der Waals surface area contributed by atoms with Gasteiger partial charge in [0.05, 0.1) is 16.0 Å². The van der Waals surface area contributed by atoms with Crippen molar-refractivity contribution < 1.29 is 19.5 Å². The largest absolute Gasteiger partial charge is 0.481 e. The Morgan fingerprint density at radius 3 is 1.88 bits per heavy atom. The summed E-state index contributed by atoms with van der Waals surface area (Å²) in [4.78, 5) is 36.9. The van der Waals surface area contributed by atoms with Crippen molar-refractivity contribution in [2.75, 3.05) is 5.32 Å². The van der Waals surface area contributed by atoms with Crippen molar-refractivity contribution in [3.05, 3.63) is 87.9 Å². The first-order chi connectivity index (χ1) is 16.3. The predicted molar refractivity (Wildman–Crippen MR) is 134 cm³/mol. The number of benzene rings is 3. The quantitative estimate of drug-likeness (QED) is 0.361. The van der Waals surface area contributed by atoms with E-state index < -0.39 is 17.8 Å². The molecule has 0 radical (unpaired) electrons. The zero-order valence-corrected chi connectivity index (χ0v) is 19.8. The molecule has 1 amide bonds. The van der Waals surface area contributed by atoms with Crippen molar-refractivity contribution >= 4 is 46.5 Å². The van der Waals surface area contributed by atoms with Gasteiger partial charge in [0.1, 0.15) is 0 Å². The van der Waals surface area contributed by atoms with Gasteiger partial charge in [-0.15, -0.1) is 0 Å². The highest BCUT2D eigenvalue weighted by molar-refractivity contribution is 6.42. The number of halogens is 2. The molecular formula is C27H23Cl2NO4. The number of rotatable bonds is 6. The number of carboxylic acid groups (broad SMARTS) is 1. The lowest BCUT2D eigenvalue weighted by Crippen LogP contribution is -2.32. The second kappa shape index (κ2) is 10.4. The molecule has 0 aliphatic heterocycles. The summed E-state index contributed by atoms with van der Waals surface area (Å²) in [7, 11) is 0. The fourth-order valence-corrected chi connectivity index (χ4v) is 4.67. The lowest BCUT2D eigenvalue weighted by molar-refractivity contribution is -0.144. The van der Waals surface area contributed by atoms with E-state index in [4.69, 9.17) is 23.2 Å². The normalized spacial score (nSPS) is 17.7. The van der Waals surface area contributed by atoms with E-state index in [1.807, 2.05) is 24.3 Å². The highest BCUT2D eigenvalue weighted by Gasteiger charge is 2.35. The fourth-order valence-electron chi connectivity index (χ4n) is 4.37. The van der Waals surface area contributed by atoms with E-state index in [0.29, 0.717) is 39.7 Å². The van der Waals surface area contributed by atoms with E-state index in [9.17, 15) is 19.5 Å². The minimum atomic E-state index is -0.888. The summed E-state index contributed by atoms with van der Waals surface area (Å²) < 4.78 is 0. The molecule has 174 valence electrons. The molecule has 0 saturated heterocycles. The van der Waals surface area contributed by atoms with Crippen molar-refractivity contribution in [2.45, 2.75) is 25.7 Å². The predicted octanol–water partition coefficient (Wildman–Crippen LogP) is 6.99. The minimum absolute atomic E-state index is 0.0981. The Morgan fingerprint density at radius 2 is 1.29 bits per heavy atom. The van der Waals surface area contributed by atoms with E-state index in [1.54, 1.807) is 36.4 Å². The molecule has 2 unspecified atom stereocenters. The van der Waals surface area contributed by atoms with Crippen molar-refractivity contribution in [1.29, 1.82) is 0 Å². The van der Waals surface area contributed by atoms with E-state index in [0.717, 1.165) is 24.0 Å². The SMILES string of the molecule is O=C(Nc1ccc(-c2ccc(C(=O)C3CCCCC3C(=O)O)cc2)cc1)c1ccc(Cl)c(Cl)c1. The van der Waals surface area contributed by atoms with Crippen LogP contribution in [0.1, 0.15) is 46.4 Å². The molecule has 1 fully saturated rings. The highest BCUT2D eigenvalue weighted by Crippen LogP contribution is 2.33. The first kappa shape index (κ1) is 24.0. The molecule has 2 atom stereocenters. The maximum Gasteiger partial charge on any atom is 0.307 e. The Bertz CT molecular complexity index is 1220. The van der Waals surface area contributed by atoms with Gasteiger partial charge in [-0.1, -0.05) is 72.4 Å². The van der Waals surface area contributed by atoms with Gasteiger partial charge in [-0.2, -0.15) is 0 Å². The minimum Gasteiger partial charge on any atom is -0.481 e. The first-order valence-electron chi connectivity index (χ1n) is 11.1. The number of hydrogen-bond acceptors (Lipinski definition) is 3. The van der Waals surface area contributed by atoms with Crippen molar-refractivity contribution in [1.82, 2.24) is 0 Å². The van der Waals surface area contributed by atoms with Crippen LogP contribution in [-0.2, 0) is 4.79 Å². The average Bonchev–Trinajstić information content (AvgIpc) is 2.85. The Kier molecular flexibility index (Phi) is 7.35. The third-order valence-electron chi connectivity index (χ3n) is 6.25. The number of carbonyl (C=O) groups is 3. The molecule has 4 rings (SSSR count). The number of anilines is 1. The molecule has 0 heterocycles. The van der Waals surface area contributed by atoms with Crippen molar-refractivity contribution in [3.63, 3.8) is 0 Å². The van der Waals surface area contributed by atoms with E-state index in [-0.39, 0.29) is 11.7 Å². The van der Waals surface area contributed by atoms with E-state index >= 15 is 0 Å². The molecule has 2 N–H and O–H groups in total. The molecule has 0 spiro atoms. The Balaban J connectivity index is 1.44. The summed E-state index contributed by atoms with van der Waals surface area (Å²) in [5, 5.41) is 13.0. The van der Waals surface area contributed by atoms with Crippen LogP contribution in [0.2, 0.25) is 10.0 Å². The van der Waals surface area contributed by atoms with Gasteiger partial charge in [0.15, 0.2) is 5.78 Å². The molecule has 3 aromatic rings. The smallest absolute Gasteiger partial charge is 0.307 e. The molecule has 0 bridgehead atoms. The summed E-state index contributed by atoms with van der Waals surface area (Å²) in [6.45, 7) is 0. The van der Waals surface area contributed by atoms with Crippen LogP contribution in [0.15, 0.2) is 66.7 Å². The second-order valence-corrected chi connectivity index (χ2v) is 9.25. The second-order valence-electron chi connectivity index (χ2n) is 8.44. The summed E-state index contributed by atoms with van der Waals surface area (Å²) in [5.41, 5.74) is 3.41. The maximum atomic E-state index is 12.9. The van der Waals surface area contributed by atoms with E-state index in [1.165, 1.54) is 6.07 Å². The summed E-state index contributed by atoms with van der Waals surface area (Å²) in [5.74, 6) is -2.35. The molecule has 3 aromatic carbocycles. The zero-order chi connectivity index (χ0) is 24.2. The van der Waals surface area contributed by atoms with Gasteiger partial charge in [0, 0.05) is 22.7 Å².